The molecule has 0 spiro atoms. The number of hydrogen-bond donors (Lipinski definition) is 0. The molecule has 2 aliphatic carbocycles. The topological polar surface area (TPSA) is 0 Å². The fourth-order valence-electron chi connectivity index (χ4n) is 7.39. The molecule has 0 N–H and O–H groups in total. The van der Waals surface area contributed by atoms with E-state index in [1.54, 1.807) is 3.28 Å². The summed E-state index contributed by atoms with van der Waals surface area (Å²) in [5.41, 5.74) is 8.62. The van der Waals surface area contributed by atoms with E-state index in [0.717, 1.165) is 25.7 Å². The van der Waals surface area contributed by atoms with E-state index >= 15 is 0 Å². The van der Waals surface area contributed by atoms with Crippen molar-refractivity contribution < 1.29 is 18.3 Å². The summed E-state index contributed by atoms with van der Waals surface area (Å²) < 4.78 is 11.6. The van der Waals surface area contributed by atoms with Gasteiger partial charge in [-0.05, 0) is 0 Å². The average Bonchev–Trinajstić information content (AvgIpc) is 3.68. The molecule has 218 valence electrons. The molecule has 0 unspecified atom stereocenters. The number of allylic oxidation sites excluding steroid dienone is 4. The quantitative estimate of drug-likeness (QED) is 0.139. The minimum atomic E-state index is -4.59. The van der Waals surface area contributed by atoms with E-state index in [4.69, 9.17) is 4.21 Å². The number of unbranched alkanes of at least 4 members (excludes halogenated alkanes) is 2. The molecule has 2 aliphatic rings. The molecule has 0 amide bonds. The Labute approximate surface area is 266 Å². The van der Waals surface area contributed by atoms with Crippen LogP contribution in [0, 0.1) is 0 Å². The molecule has 0 aliphatic heterocycles. The fraction of sp³-hybridized carbons (Fsp3) is 0.256. The van der Waals surface area contributed by atoms with Crippen molar-refractivity contribution in [2.24, 2.45) is 0 Å². The van der Waals surface area contributed by atoms with Crippen LogP contribution in [0.3, 0.4) is 0 Å². The van der Waals surface area contributed by atoms with Crippen LogP contribution in [0.4, 0.5) is 0 Å². The monoisotopic (exact) mass is 672 g/mol. The van der Waals surface area contributed by atoms with Gasteiger partial charge in [-0.15, -0.1) is 24.8 Å². The van der Waals surface area contributed by atoms with Crippen LogP contribution in [-0.2, 0) is 37.6 Å². The van der Waals surface area contributed by atoms with E-state index in [0.29, 0.717) is 0 Å². The number of fused-ring (bicyclic) bond motifs is 3. The summed E-state index contributed by atoms with van der Waals surface area (Å²) in [4.78, 5) is 0. The molecule has 0 saturated heterocycles. The first kappa shape index (κ1) is 32.6. The second-order valence-corrected chi connectivity index (χ2v) is 25.0. The van der Waals surface area contributed by atoms with E-state index in [1.807, 2.05) is 0 Å². The van der Waals surface area contributed by atoms with Gasteiger partial charge in [-0.2, -0.15) is 0 Å². The van der Waals surface area contributed by atoms with Crippen LogP contribution >= 0.6 is 24.8 Å². The molecule has 0 fully saturated rings. The first-order chi connectivity index (χ1) is 19.6. The Bertz CT molecular complexity index is 1600. The van der Waals surface area contributed by atoms with Gasteiger partial charge < -0.3 is 0 Å². The number of benzene rings is 4. The van der Waals surface area contributed by atoms with Crippen LogP contribution < -0.4 is 9.81 Å². The van der Waals surface area contributed by atoms with Gasteiger partial charge in [0.1, 0.15) is 0 Å². The predicted octanol–water partition coefficient (Wildman–Crippen LogP) is 9.03. The van der Waals surface area contributed by atoms with Gasteiger partial charge in [0.2, 0.25) is 0 Å². The minimum absolute atomic E-state index is 0. The van der Waals surface area contributed by atoms with Crippen LogP contribution in [0.15, 0.2) is 113 Å². The molecule has 4 aromatic carbocycles. The fourth-order valence-corrected chi connectivity index (χ4v) is 22.7. The van der Waals surface area contributed by atoms with Crippen LogP contribution in [-0.4, -0.2) is 4.21 Å². The summed E-state index contributed by atoms with van der Waals surface area (Å²) >= 11 is -4.59. The standard InChI is InChI=1S/C13H9.2C10H13.C5H5.CH2.2ClH.Zr/c1-3-7-12-10(5-1)9-11-6-2-4-8-13(11)12;2*1-2-3-7-10-8-5-4-6-9-10;1-2-4-5-3-1;;;;/h1-5,7-8H,9H2;2*5-6,8-9H,2-3,7H2,1H3;1-3H,4H2;1H2;2*1H;. The third-order valence-corrected chi connectivity index (χ3v) is 26.1. The molecule has 3 heteroatoms. The zero-order chi connectivity index (χ0) is 27.6. The van der Waals surface area contributed by atoms with Crippen LogP contribution in [0.1, 0.15) is 68.2 Å². The molecule has 42 heavy (non-hydrogen) atoms. The van der Waals surface area contributed by atoms with Crippen molar-refractivity contribution in [1.29, 1.82) is 0 Å². The Morgan fingerprint density at radius 3 is 1.79 bits per heavy atom. The molecule has 0 heterocycles. The number of aryl methyl sites for hydroxylation is 2. The molecule has 0 atom stereocenters. The van der Waals surface area contributed by atoms with Crippen LogP contribution in [0.5, 0.6) is 0 Å². The van der Waals surface area contributed by atoms with Crippen molar-refractivity contribution in [3.05, 3.63) is 135 Å². The normalized spacial score (nSPS) is 13.5. The summed E-state index contributed by atoms with van der Waals surface area (Å²) in [6, 6.07) is 35.6. The van der Waals surface area contributed by atoms with Crippen molar-refractivity contribution in [3.63, 3.8) is 0 Å². The van der Waals surface area contributed by atoms with E-state index in [2.05, 4.69) is 123 Å². The van der Waals surface area contributed by atoms with E-state index < -0.39 is 18.3 Å². The van der Waals surface area contributed by atoms with Crippen molar-refractivity contribution in [2.75, 3.05) is 0 Å². The molecule has 0 bridgehead atoms. The Balaban J connectivity index is 0.00000202. The molecule has 4 aromatic rings. The van der Waals surface area contributed by atoms with E-state index in [1.165, 1.54) is 68.9 Å². The zero-order valence-corrected chi connectivity index (χ0v) is 29.2. The van der Waals surface area contributed by atoms with Gasteiger partial charge in [0.25, 0.3) is 0 Å². The zero-order valence-electron chi connectivity index (χ0n) is 25.1. The maximum atomic E-state index is 5.62. The van der Waals surface area contributed by atoms with Crippen molar-refractivity contribution in [1.82, 2.24) is 0 Å². The van der Waals surface area contributed by atoms with Crippen molar-refractivity contribution in [2.45, 2.75) is 65.2 Å². The van der Waals surface area contributed by atoms with Crippen molar-refractivity contribution >= 4 is 38.8 Å². The average molecular weight is 675 g/mol. The second-order valence-electron chi connectivity index (χ2n) is 12.0. The third-order valence-electron chi connectivity index (χ3n) is 9.75. The second kappa shape index (κ2) is 13.6. The van der Waals surface area contributed by atoms with Gasteiger partial charge >= 0.3 is 243 Å². The molecular formula is C39H44Cl2Zr. The van der Waals surface area contributed by atoms with Gasteiger partial charge in [-0.25, -0.2) is 0 Å². The molecule has 0 saturated carbocycles. The van der Waals surface area contributed by atoms with Gasteiger partial charge in [0.05, 0.1) is 0 Å². The summed E-state index contributed by atoms with van der Waals surface area (Å²) in [6.07, 6.45) is 16.2. The Morgan fingerprint density at radius 2 is 1.24 bits per heavy atom. The molecule has 6 rings (SSSR count). The summed E-state index contributed by atoms with van der Waals surface area (Å²) in [5.74, 6) is 0. The summed E-state index contributed by atoms with van der Waals surface area (Å²) in [7, 11) is 0. The van der Waals surface area contributed by atoms with Crippen molar-refractivity contribution in [3.8, 4) is 11.1 Å². The molecule has 0 nitrogen and oxygen atoms in total. The van der Waals surface area contributed by atoms with Gasteiger partial charge in [-0.1, -0.05) is 0 Å². The predicted molar refractivity (Wildman–Crippen MR) is 187 cm³/mol. The first-order valence-corrected chi connectivity index (χ1v) is 22.0. The number of hydrogen-bond acceptors (Lipinski definition) is 0. The number of halogens is 2. The SMILES string of the molecule is Cl.Cl.[CH2]=[Zr]([C]1=CC=CC1)([c]1ccc(CCCC)cc1)([c]1ccc(CCCC)cc1)[c]1cccc2c1Cc1ccccc1-2. The van der Waals surface area contributed by atoms with E-state index in [-0.39, 0.29) is 24.8 Å². The maximum absolute atomic E-state index is 5.62. The summed E-state index contributed by atoms with van der Waals surface area (Å²) in [5, 5.41) is 0. The van der Waals surface area contributed by atoms with Gasteiger partial charge in [-0.3, -0.25) is 0 Å². The molecular weight excluding hydrogens is 631 g/mol. The summed E-state index contributed by atoms with van der Waals surface area (Å²) in [6.45, 7) is 4.55. The molecule has 0 radical (unpaired) electrons. The Kier molecular flexibility index (Phi) is 10.5. The first-order valence-electron chi connectivity index (χ1n) is 15.4. The van der Waals surface area contributed by atoms with Gasteiger partial charge in [0, 0.05) is 0 Å². The Hall–Kier alpha value is -2.31. The van der Waals surface area contributed by atoms with E-state index in [9.17, 15) is 0 Å². The molecule has 0 aromatic heterocycles. The third kappa shape index (κ3) is 5.32. The Morgan fingerprint density at radius 1 is 0.667 bits per heavy atom. The number of rotatable bonds is 10. The van der Waals surface area contributed by atoms with Gasteiger partial charge in [0.15, 0.2) is 0 Å². The van der Waals surface area contributed by atoms with Crippen LogP contribution in [0.25, 0.3) is 11.1 Å². The van der Waals surface area contributed by atoms with Crippen LogP contribution in [0.2, 0.25) is 0 Å².